The van der Waals surface area contributed by atoms with Crippen molar-refractivity contribution in [3.8, 4) is 11.1 Å². The van der Waals surface area contributed by atoms with E-state index in [0.717, 1.165) is 16.8 Å². The molecule has 2 aromatic carbocycles. The number of hydrogen-bond acceptors (Lipinski definition) is 6. The summed E-state index contributed by atoms with van der Waals surface area (Å²) < 4.78 is 114. The summed E-state index contributed by atoms with van der Waals surface area (Å²) in [6, 6.07) is 1.82. The molecule has 2 heterocycles. The lowest BCUT2D eigenvalue weighted by Crippen LogP contribution is -2.52. The maximum Gasteiger partial charge on any atom is 0.416 e. The van der Waals surface area contributed by atoms with Crippen LogP contribution < -0.4 is 10.9 Å². The molecule has 1 aromatic heterocycles. The first kappa shape index (κ1) is 44.9. The molecule has 15 heteroatoms. The Morgan fingerprint density at radius 3 is 2.32 bits per heavy atom. The number of nitrogens with zero attached hydrogens (tertiary/aromatic N) is 2. The number of amides is 1. The van der Waals surface area contributed by atoms with Gasteiger partial charge in [-0.25, -0.2) is 17.6 Å². The third-order valence-corrected chi connectivity index (χ3v) is 9.96. The molecule has 1 fully saturated rings. The van der Waals surface area contributed by atoms with E-state index in [1.807, 2.05) is 4.90 Å². The molecule has 0 spiro atoms. The Hall–Kier alpha value is -4.76. The average Bonchev–Trinajstić information content (AvgIpc) is 3.11. The van der Waals surface area contributed by atoms with Crippen LogP contribution in [0.1, 0.15) is 90.9 Å². The fourth-order valence-corrected chi connectivity index (χ4v) is 7.08. The number of aryl methyl sites for hydroxylation is 2. The summed E-state index contributed by atoms with van der Waals surface area (Å²) in [6.45, 7) is 11.5. The zero-order chi connectivity index (χ0) is 42.0. The van der Waals surface area contributed by atoms with Crippen LogP contribution in [0, 0.1) is 18.6 Å². The Balaban J connectivity index is 1.82. The largest absolute Gasteiger partial charge is 0.466 e. The molecule has 57 heavy (non-hydrogen) atoms. The van der Waals surface area contributed by atoms with E-state index < -0.39 is 76.9 Å². The minimum atomic E-state index is -4.89. The molecule has 1 aliphatic rings. The van der Waals surface area contributed by atoms with Gasteiger partial charge in [0.1, 0.15) is 17.7 Å². The van der Waals surface area contributed by atoms with Crippen LogP contribution in [-0.2, 0) is 38.1 Å². The lowest BCUT2D eigenvalue weighted by atomic mass is 9.88. The van der Waals surface area contributed by atoms with E-state index in [-0.39, 0.29) is 43.2 Å². The number of halogens is 7. The number of alkyl halides is 5. The maximum absolute atomic E-state index is 16.2. The molecule has 3 aromatic rings. The van der Waals surface area contributed by atoms with Crippen LogP contribution in [0.5, 0.6) is 0 Å². The van der Waals surface area contributed by atoms with Crippen molar-refractivity contribution in [2.45, 2.75) is 89.6 Å². The minimum Gasteiger partial charge on any atom is -0.466 e. The molecule has 0 bridgehead atoms. The van der Waals surface area contributed by atoms with Gasteiger partial charge in [-0.1, -0.05) is 12.2 Å². The van der Waals surface area contributed by atoms with Gasteiger partial charge in [-0.15, -0.1) is 13.2 Å². The van der Waals surface area contributed by atoms with E-state index in [0.29, 0.717) is 61.5 Å². The van der Waals surface area contributed by atoms with Crippen LogP contribution in [0.2, 0.25) is 0 Å². The van der Waals surface area contributed by atoms with Crippen LogP contribution in [0.15, 0.2) is 66.6 Å². The van der Waals surface area contributed by atoms with Crippen LogP contribution in [-0.4, -0.2) is 60.8 Å². The molecule has 2 atom stereocenters. The summed E-state index contributed by atoms with van der Waals surface area (Å²) in [6.07, 6.45) is -3.18. The Bertz CT molecular complexity index is 1970. The lowest BCUT2D eigenvalue weighted by molar-refractivity contribution is -0.144. The summed E-state index contributed by atoms with van der Waals surface area (Å²) >= 11 is 0. The van der Waals surface area contributed by atoms with Gasteiger partial charge < -0.3 is 19.4 Å². The van der Waals surface area contributed by atoms with E-state index in [4.69, 9.17) is 9.47 Å². The first-order chi connectivity index (χ1) is 27.0. The van der Waals surface area contributed by atoms with Gasteiger partial charge >= 0.3 is 12.1 Å². The number of hydrogen-bond donors (Lipinski definition) is 1. The van der Waals surface area contributed by atoms with Gasteiger partial charge in [0, 0.05) is 44.6 Å². The molecule has 4 rings (SSSR count). The average molecular weight is 808 g/mol. The molecule has 1 amide bonds. The zero-order valence-corrected chi connectivity index (χ0v) is 32.2. The SMILES string of the molecule is C=CCCCCc1cc(F)cc(C)c1-c1cc(C(F)F)c(F)c([C@H](CC(=O)OCC)NC(=O)[C@H](CC=C)n2cc(CCN3CC(OC)C3)c(C(F)(F)F)cc2=O)c1. The van der Waals surface area contributed by atoms with Crippen molar-refractivity contribution < 1.29 is 49.8 Å². The molecule has 0 saturated carbocycles. The predicted molar refractivity (Wildman–Crippen MR) is 202 cm³/mol. The molecular formula is C42H48F7N3O5. The fourth-order valence-electron chi connectivity index (χ4n) is 7.08. The summed E-state index contributed by atoms with van der Waals surface area (Å²) in [5.41, 5.74) is -2.88. The van der Waals surface area contributed by atoms with Crippen molar-refractivity contribution in [1.29, 1.82) is 0 Å². The smallest absolute Gasteiger partial charge is 0.416 e. The van der Waals surface area contributed by atoms with E-state index in [1.54, 1.807) is 13.0 Å². The predicted octanol–water partition coefficient (Wildman–Crippen LogP) is 8.76. The lowest BCUT2D eigenvalue weighted by Gasteiger charge is -2.38. The number of pyridine rings is 1. The highest BCUT2D eigenvalue weighted by molar-refractivity contribution is 5.82. The number of likely N-dealkylation sites (tertiary alicyclic amines) is 1. The van der Waals surface area contributed by atoms with Gasteiger partial charge in [0.25, 0.3) is 12.0 Å². The second kappa shape index (κ2) is 20.1. The number of methoxy groups -OCH3 is 1. The summed E-state index contributed by atoms with van der Waals surface area (Å²) in [5, 5.41) is 2.50. The Kier molecular flexibility index (Phi) is 15.8. The molecule has 0 aliphatic carbocycles. The number of esters is 1. The number of nitrogens with one attached hydrogen (secondary N) is 1. The minimum absolute atomic E-state index is 0.0549. The van der Waals surface area contributed by atoms with Crippen LogP contribution in [0.25, 0.3) is 11.1 Å². The Morgan fingerprint density at radius 1 is 1.00 bits per heavy atom. The first-order valence-corrected chi connectivity index (χ1v) is 18.7. The number of rotatable bonds is 20. The van der Waals surface area contributed by atoms with Gasteiger partial charge in [0.15, 0.2) is 0 Å². The summed E-state index contributed by atoms with van der Waals surface area (Å²) in [7, 11) is 1.53. The topological polar surface area (TPSA) is 89.9 Å². The highest BCUT2D eigenvalue weighted by Gasteiger charge is 2.37. The second-order valence-corrected chi connectivity index (χ2v) is 14.0. The van der Waals surface area contributed by atoms with Crippen molar-refractivity contribution in [2.24, 2.45) is 0 Å². The van der Waals surface area contributed by atoms with Gasteiger partial charge in [-0.2, -0.15) is 13.2 Å². The monoisotopic (exact) mass is 807 g/mol. The van der Waals surface area contributed by atoms with Crippen molar-refractivity contribution in [3.05, 3.63) is 117 Å². The number of aromatic nitrogens is 1. The van der Waals surface area contributed by atoms with Crippen LogP contribution in [0.4, 0.5) is 30.7 Å². The highest BCUT2D eigenvalue weighted by atomic mass is 19.4. The van der Waals surface area contributed by atoms with Gasteiger partial charge in [0.05, 0.1) is 36.3 Å². The molecule has 310 valence electrons. The molecule has 8 nitrogen and oxygen atoms in total. The number of carbonyl (C=O) groups excluding carboxylic acids is 2. The summed E-state index contributed by atoms with van der Waals surface area (Å²) in [5.74, 6) is -3.95. The molecule has 0 unspecified atom stereocenters. The van der Waals surface area contributed by atoms with E-state index in [2.05, 4.69) is 18.5 Å². The molecule has 1 saturated heterocycles. The molecule has 0 radical (unpaired) electrons. The third-order valence-electron chi connectivity index (χ3n) is 9.96. The second-order valence-electron chi connectivity index (χ2n) is 14.0. The van der Waals surface area contributed by atoms with Gasteiger partial charge in [-0.05, 0) is 104 Å². The third kappa shape index (κ3) is 11.4. The van der Waals surface area contributed by atoms with Crippen molar-refractivity contribution in [1.82, 2.24) is 14.8 Å². The number of allylic oxidation sites excluding steroid dienone is 2. The number of ether oxygens (including phenoxy) is 2. The standard InChI is InChI=1S/C42H48F7N3O5/c1-6-9-10-11-13-26-17-29(43)16-25(4)38(26)28-18-31(39(44)32(19-28)40(45)46)34(21-37(54)57-8-3)50-41(55)35(12-7-2)52-22-27(14-15-51-23-30(24-51)56-5)33(20-36(52)53)42(47,48)49/h6-7,16-20,22,30,34-35,40H,1-2,8-15,21,23-24H2,3-5H3,(H,50,55)/t34-,35-/m0/s1. The normalized spacial score (nSPS) is 14.6. The van der Waals surface area contributed by atoms with E-state index in [9.17, 15) is 40.7 Å². The van der Waals surface area contributed by atoms with Crippen molar-refractivity contribution in [3.63, 3.8) is 0 Å². The molecule has 1 aliphatic heterocycles. The van der Waals surface area contributed by atoms with E-state index >= 15 is 4.39 Å². The van der Waals surface area contributed by atoms with Crippen LogP contribution in [0.3, 0.4) is 0 Å². The Labute approximate surface area is 327 Å². The molecule has 1 N–H and O–H groups in total. The van der Waals surface area contributed by atoms with Gasteiger partial charge in [0.2, 0.25) is 5.91 Å². The number of benzene rings is 2. The fraction of sp³-hybridized carbons (Fsp3) is 0.452. The van der Waals surface area contributed by atoms with E-state index in [1.165, 1.54) is 38.3 Å². The zero-order valence-electron chi connectivity index (χ0n) is 32.2. The first-order valence-electron chi connectivity index (χ1n) is 18.7. The molecular weight excluding hydrogens is 759 g/mol. The van der Waals surface area contributed by atoms with Crippen molar-refractivity contribution in [2.75, 3.05) is 33.4 Å². The number of carbonyl (C=O) groups is 2. The van der Waals surface area contributed by atoms with Crippen molar-refractivity contribution >= 4 is 11.9 Å². The summed E-state index contributed by atoms with van der Waals surface area (Å²) in [4.78, 5) is 42.3. The quantitative estimate of drug-likeness (QED) is 0.0532. The highest BCUT2D eigenvalue weighted by Crippen LogP contribution is 2.38. The van der Waals surface area contributed by atoms with Gasteiger partial charge in [-0.3, -0.25) is 19.3 Å². The number of unbranched alkanes of at least 4 members (excludes halogenated alkanes) is 2. The van der Waals surface area contributed by atoms with Crippen LogP contribution >= 0.6 is 0 Å². The Morgan fingerprint density at radius 2 is 1.70 bits per heavy atom. The maximum atomic E-state index is 16.2.